The van der Waals surface area contributed by atoms with Gasteiger partial charge in [0.05, 0.1) is 5.69 Å². The van der Waals surface area contributed by atoms with Crippen LogP contribution < -0.4 is 0 Å². The van der Waals surface area contributed by atoms with Crippen LogP contribution in [0.1, 0.15) is 31.9 Å². The molecule has 3 aromatic rings. The Morgan fingerprint density at radius 3 is 2.50 bits per heavy atom. The molecule has 1 aliphatic carbocycles. The zero-order valence-electron chi connectivity index (χ0n) is 16.8. The molecule has 0 atom stereocenters. The van der Waals surface area contributed by atoms with Gasteiger partial charge in [-0.3, -0.25) is 9.80 Å². The van der Waals surface area contributed by atoms with E-state index < -0.39 is 0 Å². The molecule has 4 heteroatoms. The van der Waals surface area contributed by atoms with E-state index in [0.717, 1.165) is 25.0 Å². The fraction of sp³-hybridized carbons (Fsp3) is 0.458. The Hall–Kier alpha value is -2.17. The molecule has 1 aromatic heterocycles. The van der Waals surface area contributed by atoms with E-state index in [-0.39, 0.29) is 0 Å². The molecule has 1 saturated carbocycles. The van der Waals surface area contributed by atoms with Crippen LogP contribution in [0, 0.1) is 0 Å². The molecular weight excluding hydrogens is 344 g/mol. The molecule has 0 unspecified atom stereocenters. The maximum Gasteiger partial charge on any atom is 0.140 e. The lowest BCUT2D eigenvalue weighted by Gasteiger charge is -2.42. The van der Waals surface area contributed by atoms with Gasteiger partial charge in [0.2, 0.25) is 0 Å². The van der Waals surface area contributed by atoms with E-state index in [1.807, 2.05) is 0 Å². The maximum absolute atomic E-state index is 5.08. The van der Waals surface area contributed by atoms with E-state index in [1.54, 1.807) is 0 Å². The number of hydrogen-bond acceptors (Lipinski definition) is 3. The number of piperazine rings is 1. The first-order chi connectivity index (χ1) is 13.8. The van der Waals surface area contributed by atoms with E-state index in [9.17, 15) is 0 Å². The highest BCUT2D eigenvalue weighted by Crippen LogP contribution is 2.29. The summed E-state index contributed by atoms with van der Waals surface area (Å²) in [5.41, 5.74) is 2.43. The topological polar surface area (TPSA) is 24.3 Å². The summed E-state index contributed by atoms with van der Waals surface area (Å²) in [6.07, 6.45) is 6.51. The van der Waals surface area contributed by atoms with Crippen LogP contribution in [0.4, 0.5) is 0 Å². The monoisotopic (exact) mass is 374 g/mol. The number of aryl methyl sites for hydroxylation is 1. The summed E-state index contributed by atoms with van der Waals surface area (Å²) in [5.74, 6) is 1.10. The predicted octanol–water partition coefficient (Wildman–Crippen LogP) is 4.39. The van der Waals surface area contributed by atoms with Gasteiger partial charge < -0.3 is 4.57 Å². The molecule has 1 saturated heterocycles. The first-order valence-corrected chi connectivity index (χ1v) is 10.8. The molecule has 0 spiro atoms. The molecule has 2 aromatic carbocycles. The van der Waals surface area contributed by atoms with E-state index in [1.165, 1.54) is 67.5 Å². The summed E-state index contributed by atoms with van der Waals surface area (Å²) in [5, 5.41) is 2.56. The molecule has 5 rings (SSSR count). The Labute approximate surface area is 167 Å². The van der Waals surface area contributed by atoms with Crippen LogP contribution in [0.15, 0.2) is 48.7 Å². The second-order valence-corrected chi connectivity index (χ2v) is 8.27. The number of benzene rings is 2. The summed E-state index contributed by atoms with van der Waals surface area (Å²) in [6.45, 7) is 8.88. The minimum Gasteiger partial charge on any atom is -0.331 e. The van der Waals surface area contributed by atoms with E-state index in [0.29, 0.717) is 0 Å². The first-order valence-electron chi connectivity index (χ1n) is 10.8. The fourth-order valence-corrected chi connectivity index (χ4v) is 4.69. The second kappa shape index (κ2) is 7.69. The van der Waals surface area contributed by atoms with Crippen LogP contribution >= 0.6 is 0 Å². The van der Waals surface area contributed by atoms with E-state index in [4.69, 9.17) is 4.98 Å². The number of nitrogens with zero attached hydrogens (tertiary/aromatic N) is 4. The molecule has 0 amide bonds. The smallest absolute Gasteiger partial charge is 0.140 e. The van der Waals surface area contributed by atoms with Crippen LogP contribution in [0.3, 0.4) is 0 Å². The Morgan fingerprint density at radius 2 is 1.75 bits per heavy atom. The average Bonchev–Trinajstić information content (AvgIpc) is 3.10. The van der Waals surface area contributed by atoms with Crippen LogP contribution in [0.2, 0.25) is 0 Å². The minimum atomic E-state index is 0.874. The first kappa shape index (κ1) is 17.9. The van der Waals surface area contributed by atoms with Crippen molar-refractivity contribution < 1.29 is 0 Å². The molecule has 2 aliphatic rings. The number of fused-ring (bicyclic) bond motifs is 1. The SMILES string of the molecule is CCn1cc(CN2CCN(C3CCC3)CC2)nc1-c1cccc2ccccc12. The highest BCUT2D eigenvalue weighted by Gasteiger charge is 2.28. The van der Waals surface area contributed by atoms with Crippen LogP contribution in [-0.2, 0) is 13.1 Å². The van der Waals surface area contributed by atoms with Gasteiger partial charge >= 0.3 is 0 Å². The highest BCUT2D eigenvalue weighted by molar-refractivity contribution is 5.95. The van der Waals surface area contributed by atoms with E-state index >= 15 is 0 Å². The van der Waals surface area contributed by atoms with Crippen molar-refractivity contribution in [3.05, 3.63) is 54.4 Å². The lowest BCUT2D eigenvalue weighted by Crippen LogP contribution is -2.51. The normalized spacial score (nSPS) is 19.2. The van der Waals surface area contributed by atoms with Crippen LogP contribution in [0.25, 0.3) is 22.2 Å². The largest absolute Gasteiger partial charge is 0.331 e. The molecule has 2 heterocycles. The third kappa shape index (κ3) is 3.36. The zero-order valence-corrected chi connectivity index (χ0v) is 16.8. The molecule has 28 heavy (non-hydrogen) atoms. The van der Waals surface area contributed by atoms with Crippen molar-refractivity contribution >= 4 is 10.8 Å². The van der Waals surface area contributed by atoms with Crippen LogP contribution in [-0.4, -0.2) is 51.6 Å². The Bertz CT molecular complexity index is 943. The van der Waals surface area contributed by atoms with Gasteiger partial charge in [0.15, 0.2) is 0 Å². The molecule has 1 aliphatic heterocycles. The highest BCUT2D eigenvalue weighted by atomic mass is 15.3. The number of imidazole rings is 1. The standard InChI is InChI=1S/C24H30N4/c1-2-27-18-20(17-26-13-15-28(16-14-26)21-9-6-10-21)25-24(27)23-12-5-8-19-7-3-4-11-22(19)23/h3-5,7-8,11-12,18,21H,2,6,9-10,13-17H2,1H3. The Kier molecular flexibility index (Phi) is 4.91. The third-order valence-electron chi connectivity index (χ3n) is 6.58. The molecule has 4 nitrogen and oxygen atoms in total. The van der Waals surface area contributed by atoms with Crippen molar-refractivity contribution in [1.82, 2.24) is 19.4 Å². The summed E-state index contributed by atoms with van der Waals surface area (Å²) in [7, 11) is 0. The Balaban J connectivity index is 1.35. The lowest BCUT2D eigenvalue weighted by molar-refractivity contribution is 0.0583. The third-order valence-corrected chi connectivity index (χ3v) is 6.58. The number of rotatable bonds is 5. The molecule has 0 bridgehead atoms. The fourth-order valence-electron chi connectivity index (χ4n) is 4.69. The molecule has 0 radical (unpaired) electrons. The van der Waals surface area contributed by atoms with Crippen molar-refractivity contribution in [2.45, 2.75) is 45.3 Å². The summed E-state index contributed by atoms with van der Waals surface area (Å²) < 4.78 is 2.31. The average molecular weight is 375 g/mol. The second-order valence-electron chi connectivity index (χ2n) is 8.27. The van der Waals surface area contributed by atoms with Crippen molar-refractivity contribution in [3.8, 4) is 11.4 Å². The molecule has 2 fully saturated rings. The van der Waals surface area contributed by atoms with Gasteiger partial charge in [-0.15, -0.1) is 0 Å². The van der Waals surface area contributed by atoms with E-state index in [2.05, 4.69) is 70.0 Å². The van der Waals surface area contributed by atoms with Gasteiger partial charge in [0, 0.05) is 57.1 Å². The summed E-state index contributed by atoms with van der Waals surface area (Å²) >= 11 is 0. The molecule has 0 N–H and O–H groups in total. The zero-order chi connectivity index (χ0) is 18.9. The summed E-state index contributed by atoms with van der Waals surface area (Å²) in [4.78, 5) is 10.4. The quantitative estimate of drug-likeness (QED) is 0.662. The van der Waals surface area contributed by atoms with Gasteiger partial charge in [-0.25, -0.2) is 4.98 Å². The lowest BCUT2D eigenvalue weighted by atomic mass is 9.91. The molecule has 146 valence electrons. The van der Waals surface area contributed by atoms with Gasteiger partial charge in [0.25, 0.3) is 0 Å². The number of hydrogen-bond donors (Lipinski definition) is 0. The minimum absolute atomic E-state index is 0.874. The number of aromatic nitrogens is 2. The van der Waals surface area contributed by atoms with Gasteiger partial charge in [0.1, 0.15) is 5.82 Å². The predicted molar refractivity (Wildman–Crippen MR) is 115 cm³/mol. The van der Waals surface area contributed by atoms with Crippen LogP contribution in [0.5, 0.6) is 0 Å². The van der Waals surface area contributed by atoms with Gasteiger partial charge in [-0.2, -0.15) is 0 Å². The van der Waals surface area contributed by atoms with Crippen molar-refractivity contribution in [3.63, 3.8) is 0 Å². The molecular formula is C24H30N4. The van der Waals surface area contributed by atoms with Gasteiger partial charge in [-0.1, -0.05) is 48.9 Å². The maximum atomic E-state index is 5.08. The van der Waals surface area contributed by atoms with Crippen molar-refractivity contribution in [1.29, 1.82) is 0 Å². The van der Waals surface area contributed by atoms with Crippen molar-refractivity contribution in [2.75, 3.05) is 26.2 Å². The van der Waals surface area contributed by atoms with Gasteiger partial charge in [-0.05, 0) is 30.5 Å². The van der Waals surface area contributed by atoms with Crippen molar-refractivity contribution in [2.24, 2.45) is 0 Å². The summed E-state index contributed by atoms with van der Waals surface area (Å²) in [6, 6.07) is 16.0. The Morgan fingerprint density at radius 1 is 0.964 bits per heavy atom.